The number of nitrogens with zero attached hydrogens (tertiary/aromatic N) is 2. The average Bonchev–Trinajstić information content (AvgIpc) is 2.08. The van der Waals surface area contributed by atoms with Crippen molar-refractivity contribution < 1.29 is 9.13 Å². The minimum absolute atomic E-state index is 0.218. The Balaban J connectivity index is 2.24. The van der Waals surface area contributed by atoms with Crippen molar-refractivity contribution in [3.63, 3.8) is 0 Å². The van der Waals surface area contributed by atoms with E-state index in [4.69, 9.17) is 4.74 Å². The summed E-state index contributed by atoms with van der Waals surface area (Å²) >= 11 is 3.04. The predicted molar refractivity (Wildman–Crippen MR) is 39.7 cm³/mol. The number of ether oxygens (including phenoxy) is 1. The van der Waals surface area contributed by atoms with Gasteiger partial charge >= 0.3 is 0 Å². The molecule has 0 bridgehead atoms. The van der Waals surface area contributed by atoms with E-state index in [-0.39, 0.29) is 6.04 Å². The van der Waals surface area contributed by atoms with Crippen LogP contribution in [-0.2, 0) is 4.74 Å². The highest BCUT2D eigenvalue weighted by Crippen LogP contribution is 2.20. The molecule has 0 radical (unpaired) electrons. The van der Waals surface area contributed by atoms with Crippen LogP contribution in [0.1, 0.15) is 6.04 Å². The number of hydrogen-bond acceptors (Lipinski definition) is 2. The van der Waals surface area contributed by atoms with E-state index in [1.165, 1.54) is 0 Å². The van der Waals surface area contributed by atoms with Gasteiger partial charge in [-0.1, -0.05) is 0 Å². The summed E-state index contributed by atoms with van der Waals surface area (Å²) in [4.78, 5) is 0. The highest BCUT2D eigenvalue weighted by Gasteiger charge is 2.22. The number of aromatic nitrogens is 2. The van der Waals surface area contributed by atoms with Gasteiger partial charge in [0, 0.05) is 6.20 Å². The SMILES string of the molecule is Fc1nn(C2COC2)cc1Br. The van der Waals surface area contributed by atoms with Crippen LogP contribution in [0, 0.1) is 5.95 Å². The van der Waals surface area contributed by atoms with Gasteiger partial charge in [-0.25, -0.2) is 0 Å². The lowest BCUT2D eigenvalue weighted by atomic mass is 10.3. The van der Waals surface area contributed by atoms with Gasteiger partial charge in [0.2, 0.25) is 5.95 Å². The fraction of sp³-hybridized carbons (Fsp3) is 0.500. The second kappa shape index (κ2) is 2.57. The summed E-state index contributed by atoms with van der Waals surface area (Å²) in [5, 5.41) is 3.66. The van der Waals surface area contributed by atoms with Crippen LogP contribution in [0.3, 0.4) is 0 Å². The Hall–Kier alpha value is -0.420. The molecule has 0 aliphatic carbocycles. The van der Waals surface area contributed by atoms with Crippen LogP contribution in [0.4, 0.5) is 4.39 Å². The fourth-order valence-electron chi connectivity index (χ4n) is 0.910. The third kappa shape index (κ3) is 1.18. The standard InChI is InChI=1S/C6H6BrFN2O/c7-5-1-10(9-6(5)8)4-2-11-3-4/h1,4H,2-3H2. The first-order valence-electron chi connectivity index (χ1n) is 3.25. The van der Waals surface area contributed by atoms with Crippen LogP contribution >= 0.6 is 15.9 Å². The van der Waals surface area contributed by atoms with E-state index in [2.05, 4.69) is 21.0 Å². The van der Waals surface area contributed by atoms with Crippen molar-refractivity contribution in [3.8, 4) is 0 Å². The molecular weight excluding hydrogens is 215 g/mol. The van der Waals surface area contributed by atoms with Gasteiger partial charge in [0.1, 0.15) is 0 Å². The number of rotatable bonds is 1. The minimum atomic E-state index is -0.461. The first-order chi connectivity index (χ1) is 5.27. The maximum absolute atomic E-state index is 12.6. The summed E-state index contributed by atoms with van der Waals surface area (Å²) in [6.45, 7) is 1.27. The van der Waals surface area contributed by atoms with Crippen molar-refractivity contribution in [3.05, 3.63) is 16.6 Å². The van der Waals surface area contributed by atoms with E-state index >= 15 is 0 Å². The predicted octanol–water partition coefficient (Wildman–Crippen LogP) is 1.36. The molecule has 11 heavy (non-hydrogen) atoms. The van der Waals surface area contributed by atoms with Crippen LogP contribution in [0.5, 0.6) is 0 Å². The third-order valence-electron chi connectivity index (χ3n) is 1.64. The molecule has 1 fully saturated rings. The number of hydrogen-bond donors (Lipinski definition) is 0. The molecule has 2 heterocycles. The Labute approximate surface area is 71.3 Å². The fourth-order valence-corrected chi connectivity index (χ4v) is 1.20. The van der Waals surface area contributed by atoms with E-state index in [0.29, 0.717) is 17.7 Å². The lowest BCUT2D eigenvalue weighted by Gasteiger charge is -2.25. The molecule has 0 unspecified atom stereocenters. The summed E-state index contributed by atoms with van der Waals surface area (Å²) < 4.78 is 19.6. The van der Waals surface area contributed by atoms with Gasteiger partial charge in [0.25, 0.3) is 0 Å². The first kappa shape index (κ1) is 7.24. The Kier molecular flexibility index (Phi) is 1.69. The summed E-state index contributed by atoms with van der Waals surface area (Å²) in [6.07, 6.45) is 1.63. The van der Waals surface area contributed by atoms with E-state index in [9.17, 15) is 4.39 Å². The van der Waals surface area contributed by atoms with Crippen molar-refractivity contribution in [2.24, 2.45) is 0 Å². The molecule has 0 amide bonds. The monoisotopic (exact) mass is 220 g/mol. The van der Waals surface area contributed by atoms with Crippen molar-refractivity contribution in [1.82, 2.24) is 9.78 Å². The second-order valence-electron chi connectivity index (χ2n) is 2.44. The zero-order chi connectivity index (χ0) is 7.84. The van der Waals surface area contributed by atoms with Gasteiger partial charge in [-0.05, 0) is 15.9 Å². The molecular formula is C6H6BrFN2O. The van der Waals surface area contributed by atoms with E-state index in [0.717, 1.165) is 0 Å². The van der Waals surface area contributed by atoms with E-state index in [1.807, 2.05) is 0 Å². The van der Waals surface area contributed by atoms with Crippen LogP contribution in [-0.4, -0.2) is 23.0 Å². The van der Waals surface area contributed by atoms with Gasteiger partial charge in [0.05, 0.1) is 23.7 Å². The maximum atomic E-state index is 12.6. The van der Waals surface area contributed by atoms with Gasteiger partial charge in [-0.3, -0.25) is 4.68 Å². The summed E-state index contributed by atoms with van der Waals surface area (Å²) in [6, 6.07) is 0.218. The van der Waals surface area contributed by atoms with Crippen LogP contribution < -0.4 is 0 Å². The first-order valence-corrected chi connectivity index (χ1v) is 4.04. The van der Waals surface area contributed by atoms with Crippen molar-refractivity contribution >= 4 is 15.9 Å². The van der Waals surface area contributed by atoms with E-state index in [1.54, 1.807) is 10.9 Å². The van der Waals surface area contributed by atoms with E-state index < -0.39 is 5.95 Å². The highest BCUT2D eigenvalue weighted by molar-refractivity contribution is 9.10. The van der Waals surface area contributed by atoms with Crippen molar-refractivity contribution in [2.45, 2.75) is 6.04 Å². The zero-order valence-electron chi connectivity index (χ0n) is 5.63. The Morgan fingerprint density at radius 2 is 2.45 bits per heavy atom. The molecule has 1 aromatic rings. The molecule has 1 aliphatic heterocycles. The molecule has 1 aliphatic rings. The molecule has 2 rings (SSSR count). The highest BCUT2D eigenvalue weighted by atomic mass is 79.9. The van der Waals surface area contributed by atoms with Gasteiger partial charge in [-0.15, -0.1) is 5.10 Å². The minimum Gasteiger partial charge on any atom is -0.377 e. The summed E-state index contributed by atoms with van der Waals surface area (Å²) in [5.74, 6) is -0.461. The van der Waals surface area contributed by atoms with Crippen molar-refractivity contribution in [1.29, 1.82) is 0 Å². The average molecular weight is 221 g/mol. The molecule has 1 aromatic heterocycles. The summed E-state index contributed by atoms with van der Waals surface area (Å²) in [5.41, 5.74) is 0. The van der Waals surface area contributed by atoms with Crippen LogP contribution in [0.25, 0.3) is 0 Å². The van der Waals surface area contributed by atoms with Crippen LogP contribution in [0.15, 0.2) is 10.7 Å². The van der Waals surface area contributed by atoms with Gasteiger partial charge < -0.3 is 4.74 Å². The molecule has 0 spiro atoms. The smallest absolute Gasteiger partial charge is 0.246 e. The summed E-state index contributed by atoms with van der Waals surface area (Å²) in [7, 11) is 0. The zero-order valence-corrected chi connectivity index (χ0v) is 7.21. The normalized spacial score (nSPS) is 18.4. The third-order valence-corrected chi connectivity index (χ3v) is 2.17. The topological polar surface area (TPSA) is 27.1 Å². The molecule has 0 N–H and O–H groups in total. The molecule has 0 atom stereocenters. The molecule has 3 nitrogen and oxygen atoms in total. The van der Waals surface area contributed by atoms with Crippen LogP contribution in [0.2, 0.25) is 0 Å². The number of halogens is 2. The van der Waals surface area contributed by atoms with Gasteiger partial charge in [-0.2, -0.15) is 4.39 Å². The second-order valence-corrected chi connectivity index (χ2v) is 3.29. The van der Waals surface area contributed by atoms with Gasteiger partial charge in [0.15, 0.2) is 0 Å². The molecule has 0 saturated carbocycles. The molecule has 5 heteroatoms. The lowest BCUT2D eigenvalue weighted by molar-refractivity contribution is -0.0292. The Morgan fingerprint density at radius 1 is 1.73 bits per heavy atom. The molecule has 60 valence electrons. The molecule has 1 saturated heterocycles. The molecule has 0 aromatic carbocycles. The Bertz CT molecular complexity index is 252. The largest absolute Gasteiger partial charge is 0.377 e. The lowest BCUT2D eigenvalue weighted by Crippen LogP contribution is -2.30. The quantitative estimate of drug-likeness (QED) is 0.715. The van der Waals surface area contributed by atoms with Crippen molar-refractivity contribution in [2.75, 3.05) is 13.2 Å². The Morgan fingerprint density at radius 3 is 2.82 bits per heavy atom. The maximum Gasteiger partial charge on any atom is 0.246 e.